The Balaban J connectivity index is 1.23. The molecule has 2 heterocycles. The molecule has 6 heteroatoms. The van der Waals surface area contributed by atoms with E-state index in [-0.39, 0.29) is 24.5 Å². The molecule has 2 amide bonds. The van der Waals surface area contributed by atoms with E-state index >= 15 is 0 Å². The zero-order valence-corrected chi connectivity index (χ0v) is 15.2. The van der Waals surface area contributed by atoms with E-state index < -0.39 is 0 Å². The van der Waals surface area contributed by atoms with Crippen LogP contribution in [0.3, 0.4) is 0 Å². The highest BCUT2D eigenvalue weighted by Crippen LogP contribution is 2.29. The fourth-order valence-electron chi connectivity index (χ4n) is 3.93. The minimum atomic E-state index is -0.0717. The Bertz CT molecular complexity index is 666. The molecule has 0 unspecified atom stereocenters. The first-order chi connectivity index (χ1) is 12.7. The third-order valence-corrected chi connectivity index (χ3v) is 5.53. The lowest BCUT2D eigenvalue weighted by atomic mass is 10.0. The van der Waals surface area contributed by atoms with Gasteiger partial charge in [-0.15, -0.1) is 0 Å². The number of carbonyl (C=O) groups excluding carboxylic acids is 2. The van der Waals surface area contributed by atoms with Crippen LogP contribution in [0.4, 0.5) is 5.69 Å². The molecule has 140 valence electrons. The van der Waals surface area contributed by atoms with E-state index in [1.165, 1.54) is 12.8 Å². The summed E-state index contributed by atoms with van der Waals surface area (Å²) >= 11 is 0. The topological polar surface area (TPSA) is 61.9 Å². The summed E-state index contributed by atoms with van der Waals surface area (Å²) in [5.74, 6) is 0.704. The molecule has 1 aromatic carbocycles. The van der Waals surface area contributed by atoms with Gasteiger partial charge in [0.2, 0.25) is 5.91 Å². The van der Waals surface area contributed by atoms with Crippen LogP contribution in [-0.4, -0.2) is 55.0 Å². The Labute approximate surface area is 154 Å². The second-order valence-electron chi connectivity index (χ2n) is 7.54. The number of likely N-dealkylation sites (tertiary alicyclic amines) is 1. The molecule has 3 fully saturated rings. The summed E-state index contributed by atoms with van der Waals surface area (Å²) in [6.07, 6.45) is 6.22. The Morgan fingerprint density at radius 2 is 1.96 bits per heavy atom. The molecular formula is C20H27N3O3. The highest BCUT2D eigenvalue weighted by molar-refractivity contribution is 5.95. The summed E-state index contributed by atoms with van der Waals surface area (Å²) in [4.78, 5) is 28.4. The van der Waals surface area contributed by atoms with E-state index in [0.717, 1.165) is 50.6 Å². The molecule has 0 aromatic heterocycles. The van der Waals surface area contributed by atoms with Gasteiger partial charge in [0.15, 0.2) is 6.61 Å². The predicted octanol–water partition coefficient (Wildman–Crippen LogP) is 1.94. The van der Waals surface area contributed by atoms with Gasteiger partial charge >= 0.3 is 0 Å². The first-order valence-electron chi connectivity index (χ1n) is 9.76. The number of anilines is 1. The van der Waals surface area contributed by atoms with Crippen LogP contribution >= 0.6 is 0 Å². The van der Waals surface area contributed by atoms with Gasteiger partial charge in [-0.1, -0.05) is 6.07 Å². The van der Waals surface area contributed by atoms with E-state index in [4.69, 9.17) is 4.74 Å². The van der Waals surface area contributed by atoms with Crippen molar-refractivity contribution >= 4 is 17.5 Å². The normalized spacial score (nSPS) is 21.8. The van der Waals surface area contributed by atoms with Crippen molar-refractivity contribution in [1.29, 1.82) is 0 Å². The second kappa shape index (κ2) is 7.66. The molecule has 1 saturated carbocycles. The van der Waals surface area contributed by atoms with Gasteiger partial charge in [-0.05, 0) is 44.2 Å². The molecule has 1 aliphatic carbocycles. The number of nitrogens with zero attached hydrogens (tertiary/aromatic N) is 2. The Morgan fingerprint density at radius 1 is 1.15 bits per heavy atom. The van der Waals surface area contributed by atoms with Crippen molar-refractivity contribution in [3.8, 4) is 5.75 Å². The van der Waals surface area contributed by atoms with Crippen molar-refractivity contribution in [3.63, 3.8) is 0 Å². The van der Waals surface area contributed by atoms with Crippen LogP contribution < -0.4 is 15.0 Å². The van der Waals surface area contributed by atoms with Crippen molar-refractivity contribution in [1.82, 2.24) is 10.2 Å². The average molecular weight is 357 g/mol. The fraction of sp³-hybridized carbons (Fsp3) is 0.600. The second-order valence-corrected chi connectivity index (χ2v) is 7.54. The van der Waals surface area contributed by atoms with Crippen LogP contribution in [0, 0.1) is 0 Å². The molecule has 0 bridgehead atoms. The number of nitrogens with one attached hydrogen (secondary N) is 1. The highest BCUT2D eigenvalue weighted by Gasteiger charge is 2.32. The molecule has 2 saturated heterocycles. The fourth-order valence-corrected chi connectivity index (χ4v) is 3.93. The van der Waals surface area contributed by atoms with Crippen LogP contribution in [0.15, 0.2) is 24.3 Å². The summed E-state index contributed by atoms with van der Waals surface area (Å²) < 4.78 is 5.65. The van der Waals surface area contributed by atoms with E-state index in [9.17, 15) is 9.59 Å². The molecule has 26 heavy (non-hydrogen) atoms. The van der Waals surface area contributed by atoms with Crippen molar-refractivity contribution in [3.05, 3.63) is 24.3 Å². The number of amides is 2. The quantitative estimate of drug-likeness (QED) is 0.845. The SMILES string of the molecule is O=C(COc1cccc(N2CCCC2=O)c1)NC1CCN(C2CC2)CC1. The van der Waals surface area contributed by atoms with Crippen LogP contribution in [-0.2, 0) is 9.59 Å². The summed E-state index contributed by atoms with van der Waals surface area (Å²) in [6, 6.07) is 8.50. The largest absolute Gasteiger partial charge is 0.484 e. The standard InChI is InChI=1S/C20H27N3O3/c24-19(21-15-8-11-22(12-9-15)16-6-7-16)14-26-18-4-1-3-17(13-18)23-10-2-5-20(23)25/h1,3-4,13,15-16H,2,5-12,14H2,(H,21,24). The molecule has 0 spiro atoms. The van der Waals surface area contributed by atoms with Crippen LogP contribution in [0.5, 0.6) is 5.75 Å². The zero-order valence-electron chi connectivity index (χ0n) is 15.2. The summed E-state index contributed by atoms with van der Waals surface area (Å²) in [6.45, 7) is 2.94. The summed E-state index contributed by atoms with van der Waals surface area (Å²) in [5.41, 5.74) is 0.845. The van der Waals surface area contributed by atoms with Gasteiger partial charge in [0.05, 0.1) is 0 Å². The van der Waals surface area contributed by atoms with E-state index in [2.05, 4.69) is 10.2 Å². The molecule has 3 aliphatic rings. The predicted molar refractivity (Wildman–Crippen MR) is 99.3 cm³/mol. The van der Waals surface area contributed by atoms with Crippen molar-refractivity contribution in [2.24, 2.45) is 0 Å². The van der Waals surface area contributed by atoms with Crippen LogP contribution in [0.25, 0.3) is 0 Å². The Hall–Kier alpha value is -2.08. The van der Waals surface area contributed by atoms with Gasteiger partial charge in [0.1, 0.15) is 5.75 Å². The Morgan fingerprint density at radius 3 is 2.65 bits per heavy atom. The van der Waals surface area contributed by atoms with Gasteiger partial charge in [-0.2, -0.15) is 0 Å². The van der Waals surface area contributed by atoms with Gasteiger partial charge < -0.3 is 19.9 Å². The number of hydrogen-bond donors (Lipinski definition) is 1. The number of ether oxygens (including phenoxy) is 1. The molecule has 6 nitrogen and oxygen atoms in total. The maximum atomic E-state index is 12.2. The van der Waals surface area contributed by atoms with E-state index in [1.54, 1.807) is 4.90 Å². The summed E-state index contributed by atoms with van der Waals surface area (Å²) in [5, 5.41) is 3.09. The zero-order chi connectivity index (χ0) is 17.9. The lowest BCUT2D eigenvalue weighted by molar-refractivity contribution is -0.124. The van der Waals surface area contributed by atoms with Crippen molar-refractivity contribution in [2.45, 2.75) is 50.6 Å². The van der Waals surface area contributed by atoms with Crippen LogP contribution in [0.2, 0.25) is 0 Å². The first-order valence-corrected chi connectivity index (χ1v) is 9.76. The Kier molecular flexibility index (Phi) is 5.11. The number of hydrogen-bond acceptors (Lipinski definition) is 4. The van der Waals surface area contributed by atoms with Gasteiger partial charge in [-0.25, -0.2) is 0 Å². The molecule has 0 radical (unpaired) electrons. The van der Waals surface area contributed by atoms with Gasteiger partial charge in [0.25, 0.3) is 5.91 Å². The summed E-state index contributed by atoms with van der Waals surface area (Å²) in [7, 11) is 0. The van der Waals surface area contributed by atoms with Crippen molar-refractivity contribution < 1.29 is 14.3 Å². The molecule has 2 aliphatic heterocycles. The molecule has 4 rings (SSSR count). The minimum Gasteiger partial charge on any atom is -0.484 e. The molecule has 1 N–H and O–H groups in total. The van der Waals surface area contributed by atoms with Gasteiger partial charge in [0, 0.05) is 49.9 Å². The molecular weight excluding hydrogens is 330 g/mol. The van der Waals surface area contributed by atoms with Crippen molar-refractivity contribution in [2.75, 3.05) is 31.1 Å². The van der Waals surface area contributed by atoms with E-state index in [0.29, 0.717) is 12.2 Å². The third kappa shape index (κ3) is 4.18. The number of rotatable bonds is 6. The van der Waals surface area contributed by atoms with Gasteiger partial charge in [-0.3, -0.25) is 9.59 Å². The van der Waals surface area contributed by atoms with E-state index in [1.807, 2.05) is 24.3 Å². The lowest BCUT2D eigenvalue weighted by Crippen LogP contribution is -2.46. The lowest BCUT2D eigenvalue weighted by Gasteiger charge is -2.32. The maximum Gasteiger partial charge on any atom is 0.258 e. The highest BCUT2D eigenvalue weighted by atomic mass is 16.5. The first kappa shape index (κ1) is 17.3. The number of benzene rings is 1. The molecule has 1 aromatic rings. The maximum absolute atomic E-state index is 12.2. The minimum absolute atomic E-state index is 0.0141. The molecule has 0 atom stereocenters. The smallest absolute Gasteiger partial charge is 0.258 e. The third-order valence-electron chi connectivity index (χ3n) is 5.53. The number of piperidine rings is 1. The average Bonchev–Trinajstić information content (AvgIpc) is 3.42. The monoisotopic (exact) mass is 357 g/mol. The number of carbonyl (C=O) groups is 2. The van der Waals surface area contributed by atoms with Crippen LogP contribution in [0.1, 0.15) is 38.5 Å².